The number of carbonyl (C=O) groups excluding carboxylic acids is 2. The number of aryl methyl sites for hydroxylation is 1. The second kappa shape index (κ2) is 8.86. The molecule has 0 aliphatic heterocycles. The second-order valence-corrected chi connectivity index (χ2v) is 6.46. The highest BCUT2D eigenvalue weighted by atomic mass is 16.5. The molecule has 28 heavy (non-hydrogen) atoms. The van der Waals surface area contributed by atoms with E-state index in [0.717, 1.165) is 16.9 Å². The van der Waals surface area contributed by atoms with Crippen LogP contribution in [0.3, 0.4) is 0 Å². The van der Waals surface area contributed by atoms with E-state index in [1.807, 2.05) is 55.5 Å². The summed E-state index contributed by atoms with van der Waals surface area (Å²) in [5.74, 6) is 1.10. The summed E-state index contributed by atoms with van der Waals surface area (Å²) < 4.78 is 5.96. The van der Waals surface area contributed by atoms with E-state index in [1.54, 1.807) is 24.3 Å². The summed E-state index contributed by atoms with van der Waals surface area (Å²) in [4.78, 5) is 23.5. The van der Waals surface area contributed by atoms with Gasteiger partial charge in [-0.05, 0) is 49.4 Å². The smallest absolute Gasteiger partial charge is 0.251 e. The molecule has 0 aliphatic carbocycles. The van der Waals surface area contributed by atoms with Crippen molar-refractivity contribution in [3.05, 3.63) is 89.5 Å². The number of carbonyl (C=O) groups is 2. The zero-order chi connectivity index (χ0) is 19.9. The molecule has 2 amide bonds. The fourth-order valence-electron chi connectivity index (χ4n) is 2.67. The van der Waals surface area contributed by atoms with Crippen molar-refractivity contribution in [3.63, 3.8) is 0 Å². The third-order valence-electron chi connectivity index (χ3n) is 4.13. The van der Waals surface area contributed by atoms with Crippen LogP contribution in [-0.4, -0.2) is 11.8 Å². The van der Waals surface area contributed by atoms with Gasteiger partial charge in [0.1, 0.15) is 11.5 Å². The summed E-state index contributed by atoms with van der Waals surface area (Å²) in [5, 5.41) is 5.58. The first-order chi connectivity index (χ1) is 13.5. The predicted octanol–water partition coefficient (Wildman–Crippen LogP) is 4.68. The molecule has 0 saturated carbocycles. The van der Waals surface area contributed by atoms with E-state index >= 15 is 0 Å². The van der Waals surface area contributed by atoms with Crippen LogP contribution >= 0.6 is 0 Å². The Kier molecular flexibility index (Phi) is 6.07. The Bertz CT molecular complexity index is 964. The number of nitrogens with one attached hydrogen (secondary N) is 2. The van der Waals surface area contributed by atoms with Gasteiger partial charge in [0.05, 0.1) is 0 Å². The number of hydrogen-bond donors (Lipinski definition) is 2. The first kappa shape index (κ1) is 19.2. The lowest BCUT2D eigenvalue weighted by Gasteiger charge is -2.12. The highest BCUT2D eigenvalue weighted by molar-refractivity contribution is 5.95. The van der Waals surface area contributed by atoms with Gasteiger partial charge in [0, 0.05) is 30.3 Å². The molecule has 0 bridgehead atoms. The lowest BCUT2D eigenvalue weighted by molar-refractivity contribution is -0.114. The second-order valence-electron chi connectivity index (χ2n) is 6.46. The van der Waals surface area contributed by atoms with Crippen molar-refractivity contribution in [3.8, 4) is 11.5 Å². The molecule has 0 atom stereocenters. The van der Waals surface area contributed by atoms with Crippen molar-refractivity contribution >= 4 is 17.5 Å². The van der Waals surface area contributed by atoms with Gasteiger partial charge in [0.15, 0.2) is 0 Å². The van der Waals surface area contributed by atoms with E-state index in [-0.39, 0.29) is 11.8 Å². The number of amides is 2. The van der Waals surface area contributed by atoms with Gasteiger partial charge < -0.3 is 15.4 Å². The molecule has 142 valence electrons. The van der Waals surface area contributed by atoms with Crippen molar-refractivity contribution < 1.29 is 14.3 Å². The van der Waals surface area contributed by atoms with Gasteiger partial charge in [-0.2, -0.15) is 0 Å². The fourth-order valence-corrected chi connectivity index (χ4v) is 2.67. The standard InChI is InChI=1S/C23H22N2O3/c1-16-7-13-21(14-8-16)28-22-6-4-3-5-19(22)15-24-23(27)18-9-11-20(12-10-18)25-17(2)26/h3-14H,15H2,1-2H3,(H,24,27)(H,25,26). The zero-order valence-electron chi connectivity index (χ0n) is 15.9. The summed E-state index contributed by atoms with van der Waals surface area (Å²) in [6.45, 7) is 3.81. The van der Waals surface area contributed by atoms with Crippen LogP contribution in [0.25, 0.3) is 0 Å². The number of benzene rings is 3. The third-order valence-corrected chi connectivity index (χ3v) is 4.13. The van der Waals surface area contributed by atoms with Crippen molar-refractivity contribution in [1.29, 1.82) is 0 Å². The van der Waals surface area contributed by atoms with Gasteiger partial charge in [-0.3, -0.25) is 9.59 Å². The molecular formula is C23H22N2O3. The van der Waals surface area contributed by atoms with Gasteiger partial charge in [-0.1, -0.05) is 35.9 Å². The molecule has 3 aromatic rings. The summed E-state index contributed by atoms with van der Waals surface area (Å²) in [7, 11) is 0. The molecule has 5 heteroatoms. The van der Waals surface area contributed by atoms with Crippen LogP contribution in [0, 0.1) is 6.92 Å². The van der Waals surface area contributed by atoms with Gasteiger partial charge in [0.25, 0.3) is 5.91 Å². The molecule has 0 radical (unpaired) electrons. The van der Waals surface area contributed by atoms with Gasteiger partial charge in [-0.15, -0.1) is 0 Å². The minimum atomic E-state index is -0.195. The van der Waals surface area contributed by atoms with E-state index in [1.165, 1.54) is 6.92 Å². The average Bonchev–Trinajstić information content (AvgIpc) is 2.69. The van der Waals surface area contributed by atoms with Crippen LogP contribution in [0.2, 0.25) is 0 Å². The first-order valence-electron chi connectivity index (χ1n) is 8.99. The van der Waals surface area contributed by atoms with Gasteiger partial charge in [-0.25, -0.2) is 0 Å². The molecular weight excluding hydrogens is 352 g/mol. The Labute approximate surface area is 164 Å². The Morgan fingerprint density at radius 3 is 2.25 bits per heavy atom. The molecule has 0 unspecified atom stereocenters. The number of hydrogen-bond acceptors (Lipinski definition) is 3. The molecule has 0 saturated heterocycles. The van der Waals surface area contributed by atoms with Crippen LogP contribution in [0.4, 0.5) is 5.69 Å². The normalized spacial score (nSPS) is 10.2. The van der Waals surface area contributed by atoms with Crippen molar-refractivity contribution in [2.75, 3.05) is 5.32 Å². The van der Waals surface area contributed by atoms with Gasteiger partial charge >= 0.3 is 0 Å². The Hall–Kier alpha value is -3.60. The Morgan fingerprint density at radius 1 is 0.893 bits per heavy atom. The van der Waals surface area contributed by atoms with Crippen LogP contribution in [-0.2, 0) is 11.3 Å². The van der Waals surface area contributed by atoms with E-state index in [2.05, 4.69) is 10.6 Å². The molecule has 0 aromatic heterocycles. The average molecular weight is 374 g/mol. The molecule has 2 N–H and O–H groups in total. The van der Waals surface area contributed by atoms with Crippen LogP contribution in [0.15, 0.2) is 72.8 Å². The number of ether oxygens (including phenoxy) is 1. The van der Waals surface area contributed by atoms with Crippen molar-refractivity contribution in [1.82, 2.24) is 5.32 Å². The minimum absolute atomic E-state index is 0.151. The van der Waals surface area contributed by atoms with Crippen LogP contribution in [0.1, 0.15) is 28.4 Å². The number of anilines is 1. The molecule has 3 aromatic carbocycles. The maximum atomic E-state index is 12.4. The summed E-state index contributed by atoms with van der Waals surface area (Å²) in [6, 6.07) is 22.2. The zero-order valence-corrected chi connectivity index (χ0v) is 15.9. The van der Waals surface area contributed by atoms with Crippen LogP contribution < -0.4 is 15.4 Å². The molecule has 0 heterocycles. The Morgan fingerprint density at radius 2 is 1.57 bits per heavy atom. The Balaban J connectivity index is 1.65. The molecule has 0 spiro atoms. The summed E-state index contributed by atoms with van der Waals surface area (Å²) in [5.41, 5.74) is 3.22. The maximum absolute atomic E-state index is 12.4. The highest BCUT2D eigenvalue weighted by Gasteiger charge is 2.09. The van der Waals surface area contributed by atoms with E-state index in [9.17, 15) is 9.59 Å². The molecule has 0 fully saturated rings. The van der Waals surface area contributed by atoms with Crippen molar-refractivity contribution in [2.45, 2.75) is 20.4 Å². The van der Waals surface area contributed by atoms with E-state index in [4.69, 9.17) is 4.74 Å². The predicted molar refractivity (Wildman–Crippen MR) is 110 cm³/mol. The monoisotopic (exact) mass is 374 g/mol. The third kappa shape index (κ3) is 5.20. The molecule has 5 nitrogen and oxygen atoms in total. The number of rotatable bonds is 6. The molecule has 3 rings (SSSR count). The lowest BCUT2D eigenvalue weighted by atomic mass is 10.1. The molecule has 0 aliphatic rings. The van der Waals surface area contributed by atoms with E-state index < -0.39 is 0 Å². The highest BCUT2D eigenvalue weighted by Crippen LogP contribution is 2.25. The van der Waals surface area contributed by atoms with Crippen LogP contribution in [0.5, 0.6) is 11.5 Å². The summed E-state index contributed by atoms with van der Waals surface area (Å²) in [6.07, 6.45) is 0. The maximum Gasteiger partial charge on any atom is 0.251 e. The number of para-hydroxylation sites is 1. The van der Waals surface area contributed by atoms with E-state index in [0.29, 0.717) is 23.5 Å². The van der Waals surface area contributed by atoms with Gasteiger partial charge in [0.2, 0.25) is 5.91 Å². The topological polar surface area (TPSA) is 67.4 Å². The fraction of sp³-hybridized carbons (Fsp3) is 0.130. The largest absolute Gasteiger partial charge is 0.457 e. The SMILES string of the molecule is CC(=O)Nc1ccc(C(=O)NCc2ccccc2Oc2ccc(C)cc2)cc1. The first-order valence-corrected chi connectivity index (χ1v) is 8.99. The summed E-state index contributed by atoms with van der Waals surface area (Å²) >= 11 is 0. The minimum Gasteiger partial charge on any atom is -0.457 e. The van der Waals surface area contributed by atoms with Crippen molar-refractivity contribution in [2.24, 2.45) is 0 Å². The quantitative estimate of drug-likeness (QED) is 0.658. The lowest BCUT2D eigenvalue weighted by Crippen LogP contribution is -2.23.